The fourth-order valence-corrected chi connectivity index (χ4v) is 8.57. The van der Waals surface area contributed by atoms with E-state index < -0.39 is 0 Å². The van der Waals surface area contributed by atoms with Crippen LogP contribution < -0.4 is 0 Å². The molecule has 0 amide bonds. The number of hydrogen-bond donors (Lipinski definition) is 0. The van der Waals surface area contributed by atoms with Gasteiger partial charge in [-0.15, -0.1) is 0 Å². The van der Waals surface area contributed by atoms with Crippen LogP contribution in [0.4, 0.5) is 0 Å². The highest BCUT2D eigenvalue weighted by Gasteiger charge is 2.16. The van der Waals surface area contributed by atoms with Crippen molar-refractivity contribution in [2.24, 2.45) is 0 Å². The van der Waals surface area contributed by atoms with Gasteiger partial charge in [0.05, 0.1) is 11.0 Å². The number of benzene rings is 8. The molecule has 8 aromatic carbocycles. The van der Waals surface area contributed by atoms with Crippen molar-refractivity contribution in [1.29, 1.82) is 0 Å². The van der Waals surface area contributed by atoms with E-state index in [0.717, 1.165) is 39.6 Å². The summed E-state index contributed by atoms with van der Waals surface area (Å²) in [6, 6.07) is 66.0. The summed E-state index contributed by atoms with van der Waals surface area (Å²) in [5, 5.41) is 4.70. The Kier molecular flexibility index (Phi) is 7.93. The van der Waals surface area contributed by atoms with E-state index in [4.69, 9.17) is 4.42 Å². The van der Waals surface area contributed by atoms with Gasteiger partial charge >= 0.3 is 0 Å². The molecule has 0 aliphatic heterocycles. The lowest BCUT2D eigenvalue weighted by atomic mass is 9.94. The lowest BCUT2D eigenvalue weighted by Gasteiger charge is -2.10. The molecule has 11 rings (SSSR count). The maximum Gasteiger partial charge on any atom is 0.135 e. The summed E-state index contributed by atoms with van der Waals surface area (Å²) in [5.41, 5.74) is 17.3. The highest BCUT2D eigenvalue weighted by Crippen LogP contribution is 2.39. The molecule has 0 saturated heterocycles. The smallest absolute Gasteiger partial charge is 0.135 e. The first-order valence-electron chi connectivity index (χ1n) is 19.6. The molecular weight excluding hydrogens is 691 g/mol. The van der Waals surface area contributed by atoms with Crippen LogP contribution in [0.2, 0.25) is 0 Å². The molecular formula is C55H37NO. The average molecular weight is 728 g/mol. The maximum atomic E-state index is 6.44. The molecule has 1 aliphatic carbocycles. The minimum atomic E-state index is 0.885. The molecule has 0 bridgehead atoms. The molecule has 2 heterocycles. The number of furan rings is 1. The fourth-order valence-electron chi connectivity index (χ4n) is 8.57. The first-order chi connectivity index (χ1) is 28.2. The van der Waals surface area contributed by atoms with Crippen LogP contribution in [0.15, 0.2) is 217 Å². The average Bonchev–Trinajstić information content (AvgIpc) is 3.67. The Labute approximate surface area is 331 Å². The van der Waals surface area contributed by atoms with Gasteiger partial charge in [0.15, 0.2) is 0 Å². The molecule has 10 aromatic rings. The van der Waals surface area contributed by atoms with Crippen LogP contribution in [0, 0.1) is 0 Å². The summed E-state index contributed by atoms with van der Waals surface area (Å²) < 4.78 is 8.82. The Hall–Kier alpha value is -7.42. The fraction of sp³-hybridized carbons (Fsp3) is 0.0182. The van der Waals surface area contributed by atoms with Gasteiger partial charge in [0.1, 0.15) is 11.2 Å². The van der Waals surface area contributed by atoms with Gasteiger partial charge in [-0.3, -0.25) is 0 Å². The van der Waals surface area contributed by atoms with Gasteiger partial charge in [-0.25, -0.2) is 0 Å². The molecule has 2 aromatic heterocycles. The lowest BCUT2D eigenvalue weighted by Crippen LogP contribution is -1.93. The van der Waals surface area contributed by atoms with E-state index in [0.29, 0.717) is 0 Å². The van der Waals surface area contributed by atoms with Crippen molar-refractivity contribution in [2.75, 3.05) is 0 Å². The van der Waals surface area contributed by atoms with E-state index in [2.05, 4.69) is 217 Å². The van der Waals surface area contributed by atoms with E-state index >= 15 is 0 Å². The molecule has 0 spiro atoms. The molecule has 0 N–H and O–H groups in total. The third kappa shape index (κ3) is 5.91. The SMILES string of the molecule is C1=CCC=C(c2cccc(-c3cccc(-c4cccc(-c5ccc6oc7ccc(-n8c9ccccc9c9cc(-c%10ccccc%10)ccc98)cc7c6c5)c4)c3)c2)C=C1. The van der Waals surface area contributed by atoms with Crippen LogP contribution in [0.25, 0.3) is 99.5 Å². The summed E-state index contributed by atoms with van der Waals surface area (Å²) in [4.78, 5) is 0. The predicted molar refractivity (Wildman–Crippen MR) is 241 cm³/mol. The van der Waals surface area contributed by atoms with Crippen molar-refractivity contribution < 1.29 is 4.42 Å². The Morgan fingerprint density at radius 1 is 0.368 bits per heavy atom. The molecule has 0 unspecified atom stereocenters. The monoisotopic (exact) mass is 727 g/mol. The minimum Gasteiger partial charge on any atom is -0.456 e. The largest absolute Gasteiger partial charge is 0.456 e. The van der Waals surface area contributed by atoms with E-state index in [1.165, 1.54) is 71.9 Å². The van der Waals surface area contributed by atoms with Crippen molar-refractivity contribution in [3.63, 3.8) is 0 Å². The molecule has 1 aliphatic rings. The van der Waals surface area contributed by atoms with Crippen molar-refractivity contribution in [1.82, 2.24) is 4.57 Å². The number of hydrogen-bond acceptors (Lipinski definition) is 1. The lowest BCUT2D eigenvalue weighted by molar-refractivity contribution is 0.669. The number of nitrogens with zero attached hydrogens (tertiary/aromatic N) is 1. The second-order valence-corrected chi connectivity index (χ2v) is 14.9. The Balaban J connectivity index is 0.962. The summed E-state index contributed by atoms with van der Waals surface area (Å²) in [7, 11) is 0. The predicted octanol–water partition coefficient (Wildman–Crippen LogP) is 15.3. The van der Waals surface area contributed by atoms with Gasteiger partial charge < -0.3 is 8.98 Å². The van der Waals surface area contributed by atoms with Crippen LogP contribution in [-0.2, 0) is 0 Å². The third-order valence-corrected chi connectivity index (χ3v) is 11.4. The third-order valence-electron chi connectivity index (χ3n) is 11.4. The first kappa shape index (κ1) is 33.0. The highest BCUT2D eigenvalue weighted by molar-refractivity contribution is 6.12. The molecule has 2 nitrogen and oxygen atoms in total. The minimum absolute atomic E-state index is 0.885. The summed E-state index contributed by atoms with van der Waals surface area (Å²) in [6.45, 7) is 0. The second kappa shape index (κ2) is 13.7. The van der Waals surface area contributed by atoms with Gasteiger partial charge in [0, 0.05) is 27.2 Å². The molecule has 0 fully saturated rings. The number of fused-ring (bicyclic) bond motifs is 6. The molecule has 0 radical (unpaired) electrons. The van der Waals surface area contributed by atoms with Crippen molar-refractivity contribution in [2.45, 2.75) is 6.42 Å². The number of rotatable bonds is 6. The molecule has 0 atom stereocenters. The van der Waals surface area contributed by atoms with E-state index in [1.54, 1.807) is 0 Å². The zero-order valence-electron chi connectivity index (χ0n) is 31.3. The Morgan fingerprint density at radius 3 is 1.67 bits per heavy atom. The van der Waals surface area contributed by atoms with Gasteiger partial charge in [0.2, 0.25) is 0 Å². The van der Waals surface area contributed by atoms with Crippen LogP contribution in [0.3, 0.4) is 0 Å². The van der Waals surface area contributed by atoms with Crippen LogP contribution in [0.5, 0.6) is 0 Å². The van der Waals surface area contributed by atoms with Crippen LogP contribution in [-0.4, -0.2) is 4.57 Å². The van der Waals surface area contributed by atoms with Crippen molar-refractivity contribution in [3.05, 3.63) is 218 Å². The van der Waals surface area contributed by atoms with E-state index in [9.17, 15) is 0 Å². The normalized spacial score (nSPS) is 12.8. The Morgan fingerprint density at radius 2 is 0.912 bits per heavy atom. The van der Waals surface area contributed by atoms with Gasteiger partial charge in [0.25, 0.3) is 0 Å². The summed E-state index contributed by atoms with van der Waals surface area (Å²) in [5.74, 6) is 0. The molecule has 57 heavy (non-hydrogen) atoms. The van der Waals surface area contributed by atoms with E-state index in [1.807, 2.05) is 0 Å². The van der Waals surface area contributed by atoms with Crippen molar-refractivity contribution >= 4 is 49.3 Å². The zero-order valence-corrected chi connectivity index (χ0v) is 31.3. The Bertz CT molecular complexity index is 3260. The van der Waals surface area contributed by atoms with Gasteiger partial charge in [-0.1, -0.05) is 146 Å². The maximum absolute atomic E-state index is 6.44. The number of aromatic nitrogens is 1. The van der Waals surface area contributed by atoms with Gasteiger partial charge in [-0.05, 0) is 129 Å². The summed E-state index contributed by atoms with van der Waals surface area (Å²) >= 11 is 0. The van der Waals surface area contributed by atoms with Crippen LogP contribution >= 0.6 is 0 Å². The number of para-hydroxylation sites is 1. The molecule has 2 heteroatoms. The molecule has 0 saturated carbocycles. The molecule has 268 valence electrons. The topological polar surface area (TPSA) is 18.1 Å². The number of allylic oxidation sites excluding steroid dienone is 6. The first-order valence-corrected chi connectivity index (χ1v) is 19.6. The standard InChI is InChI=1S/C55H37NO/c1-2-5-14-37(13-4-1)39-17-10-18-40(31-39)41-19-11-20-42(32-41)43-21-12-22-44(33-43)46-26-29-54-50(35-46)51-36-47(27-30-55(51)57-54)56-52-24-9-8-23-48(52)49-34-45(25-28-53(49)56)38-15-6-3-7-16-38/h1-4,6-36H,5H2. The van der Waals surface area contributed by atoms with E-state index in [-0.39, 0.29) is 0 Å². The van der Waals surface area contributed by atoms with Crippen molar-refractivity contribution in [3.8, 4) is 50.2 Å². The quantitative estimate of drug-likeness (QED) is 0.167. The second-order valence-electron chi connectivity index (χ2n) is 14.9. The van der Waals surface area contributed by atoms with Crippen LogP contribution in [0.1, 0.15) is 12.0 Å². The van der Waals surface area contributed by atoms with Gasteiger partial charge in [-0.2, -0.15) is 0 Å². The zero-order chi connectivity index (χ0) is 37.7. The highest BCUT2D eigenvalue weighted by atomic mass is 16.3. The summed E-state index contributed by atoms with van der Waals surface area (Å²) in [6.07, 6.45) is 11.9.